The molecule has 4 nitrogen and oxygen atoms in total. The third-order valence-electron chi connectivity index (χ3n) is 2.14. The van der Waals surface area contributed by atoms with E-state index in [0.717, 1.165) is 0 Å². The molecule has 0 rings (SSSR count). The summed E-state index contributed by atoms with van der Waals surface area (Å²) in [6, 6.07) is 0. The molecule has 0 aromatic rings. The summed E-state index contributed by atoms with van der Waals surface area (Å²) < 4.78 is 9.11. The molecule has 0 unspecified atom stereocenters. The van der Waals surface area contributed by atoms with Crippen molar-refractivity contribution >= 4 is 11.9 Å². The monoisotopic (exact) mass is 318 g/mol. The summed E-state index contributed by atoms with van der Waals surface area (Å²) in [4.78, 5) is 22.1. The topological polar surface area (TPSA) is 52.6 Å². The van der Waals surface area contributed by atoms with Crippen molar-refractivity contribution in [3.8, 4) is 71.2 Å². The Morgan fingerprint density at radius 3 is 1.67 bits per heavy atom. The first kappa shape index (κ1) is 20.3. The first-order valence-electron chi connectivity index (χ1n) is 6.89. The van der Waals surface area contributed by atoms with E-state index < -0.39 is 5.97 Å². The molecule has 0 aromatic heterocycles. The number of rotatable bonds is 5. The van der Waals surface area contributed by atoms with Gasteiger partial charge in [-0.1, -0.05) is 5.92 Å². The Morgan fingerprint density at radius 2 is 1.17 bits per heavy atom. The molecule has 0 atom stereocenters. The Balaban J connectivity index is 4.00. The summed E-state index contributed by atoms with van der Waals surface area (Å²) in [5.74, 6) is 26.4. The smallest absolute Gasteiger partial charge is 0.319 e. The van der Waals surface area contributed by atoms with Gasteiger partial charge in [0.2, 0.25) is 0 Å². The molecule has 0 radical (unpaired) electrons. The maximum Gasteiger partial charge on any atom is 0.319 e. The Kier molecular flexibility index (Phi) is 13.3. The van der Waals surface area contributed by atoms with Crippen LogP contribution in [0, 0.1) is 71.2 Å². The molecule has 0 spiro atoms. The summed E-state index contributed by atoms with van der Waals surface area (Å²) in [7, 11) is 1.32. The second-order valence-electron chi connectivity index (χ2n) is 3.86. The average molecular weight is 318 g/mol. The lowest BCUT2D eigenvalue weighted by Gasteiger charge is -1.98. The third-order valence-corrected chi connectivity index (χ3v) is 2.14. The molecule has 0 heterocycles. The van der Waals surface area contributed by atoms with Crippen LogP contribution in [0.3, 0.4) is 0 Å². The van der Waals surface area contributed by atoms with E-state index in [-0.39, 0.29) is 18.8 Å². The standard InChI is InChI=1S/C20H14O4/c1-3-4-5-6-7-8-9-10-11-12-15-18-24-20(22)17-14-13-16-19(21)23-2/h13-14,16-17H2,1-2H3. The summed E-state index contributed by atoms with van der Waals surface area (Å²) in [6.07, 6.45) is 3.70. The number of carbonyl (C=O) groups excluding carboxylic acids is 2. The number of unbranched alkanes of at least 4 members (excludes halogenated alkanes) is 1. The lowest BCUT2D eigenvalue weighted by atomic mass is 10.2. The highest BCUT2D eigenvalue weighted by molar-refractivity contribution is 5.71. The Morgan fingerprint density at radius 1 is 0.708 bits per heavy atom. The zero-order valence-corrected chi connectivity index (χ0v) is 13.5. The third kappa shape index (κ3) is 14.7. The number of esters is 2. The first-order chi connectivity index (χ1) is 11.7. The van der Waals surface area contributed by atoms with Crippen molar-refractivity contribution in [2.24, 2.45) is 0 Å². The molecule has 4 heteroatoms. The Bertz CT molecular complexity index is 810. The maximum absolute atomic E-state index is 11.3. The fourth-order valence-electron chi connectivity index (χ4n) is 1.11. The van der Waals surface area contributed by atoms with Crippen molar-refractivity contribution in [1.29, 1.82) is 0 Å². The lowest BCUT2D eigenvalue weighted by Crippen LogP contribution is -2.02. The predicted octanol–water partition coefficient (Wildman–Crippen LogP) is 1.26. The highest BCUT2D eigenvalue weighted by Gasteiger charge is 2.03. The van der Waals surface area contributed by atoms with E-state index >= 15 is 0 Å². The molecule has 0 aliphatic rings. The fraction of sp³-hybridized carbons (Fsp3) is 0.300. The van der Waals surface area contributed by atoms with Gasteiger partial charge in [0, 0.05) is 42.4 Å². The average Bonchev–Trinajstić information content (AvgIpc) is 2.59. The van der Waals surface area contributed by atoms with Crippen molar-refractivity contribution in [3.05, 3.63) is 0 Å². The van der Waals surface area contributed by atoms with Crippen LogP contribution in [0.1, 0.15) is 32.6 Å². The van der Waals surface area contributed by atoms with Gasteiger partial charge in [-0.05, 0) is 49.4 Å². The number of ether oxygens (including phenoxy) is 2. The van der Waals surface area contributed by atoms with Crippen molar-refractivity contribution in [2.75, 3.05) is 7.11 Å². The highest BCUT2D eigenvalue weighted by Crippen LogP contribution is 2.01. The van der Waals surface area contributed by atoms with Crippen LogP contribution in [0.4, 0.5) is 0 Å². The van der Waals surface area contributed by atoms with Crippen molar-refractivity contribution in [2.45, 2.75) is 32.6 Å². The molecular formula is C20H14O4. The Labute approximate surface area is 142 Å². The zero-order valence-electron chi connectivity index (χ0n) is 13.5. The molecule has 0 aliphatic heterocycles. The number of hydrogen-bond donors (Lipinski definition) is 0. The second kappa shape index (κ2) is 15.7. The van der Waals surface area contributed by atoms with Gasteiger partial charge in [-0.25, -0.2) is 0 Å². The van der Waals surface area contributed by atoms with Crippen LogP contribution in [0.15, 0.2) is 0 Å². The van der Waals surface area contributed by atoms with Crippen LogP contribution in [0.25, 0.3) is 0 Å². The lowest BCUT2D eigenvalue weighted by molar-refractivity contribution is -0.141. The normalized spacial score (nSPS) is 6.58. The van der Waals surface area contributed by atoms with Crippen LogP contribution in [0.5, 0.6) is 0 Å². The van der Waals surface area contributed by atoms with Gasteiger partial charge in [0.05, 0.1) is 7.11 Å². The van der Waals surface area contributed by atoms with Crippen molar-refractivity contribution in [1.82, 2.24) is 0 Å². The molecule has 0 saturated carbocycles. The van der Waals surface area contributed by atoms with Gasteiger partial charge in [0.15, 0.2) is 0 Å². The minimum absolute atomic E-state index is 0.179. The molecule has 24 heavy (non-hydrogen) atoms. The van der Waals surface area contributed by atoms with E-state index in [2.05, 4.69) is 80.7 Å². The van der Waals surface area contributed by atoms with Crippen molar-refractivity contribution < 1.29 is 19.1 Å². The quantitative estimate of drug-likeness (QED) is 0.435. The van der Waals surface area contributed by atoms with Gasteiger partial charge < -0.3 is 9.47 Å². The molecular weight excluding hydrogens is 304 g/mol. The summed E-state index contributed by atoms with van der Waals surface area (Å²) in [5.41, 5.74) is 0. The molecule has 0 fully saturated rings. The summed E-state index contributed by atoms with van der Waals surface area (Å²) in [5, 5.41) is 0. The molecule has 0 amide bonds. The van der Waals surface area contributed by atoms with E-state index in [0.29, 0.717) is 12.8 Å². The van der Waals surface area contributed by atoms with E-state index in [4.69, 9.17) is 0 Å². The molecule has 0 aliphatic carbocycles. The minimum Gasteiger partial charge on any atom is -0.469 e. The van der Waals surface area contributed by atoms with E-state index in [1.165, 1.54) is 7.11 Å². The van der Waals surface area contributed by atoms with Crippen LogP contribution in [0.2, 0.25) is 0 Å². The van der Waals surface area contributed by atoms with Gasteiger partial charge in [0.1, 0.15) is 6.11 Å². The Hall–Kier alpha value is -3.70. The molecule has 0 N–H and O–H groups in total. The minimum atomic E-state index is -0.472. The number of hydrogen-bond acceptors (Lipinski definition) is 4. The first-order valence-corrected chi connectivity index (χ1v) is 6.89. The SMILES string of the molecule is CC#CC#CC#CC#CC#CC#COC(=O)CCCCC(=O)OC. The van der Waals surface area contributed by atoms with Gasteiger partial charge in [-0.3, -0.25) is 9.59 Å². The maximum atomic E-state index is 11.3. The van der Waals surface area contributed by atoms with E-state index in [1.54, 1.807) is 6.92 Å². The van der Waals surface area contributed by atoms with Crippen LogP contribution in [-0.2, 0) is 19.1 Å². The second-order valence-corrected chi connectivity index (χ2v) is 3.86. The molecule has 118 valence electrons. The zero-order chi connectivity index (χ0) is 17.9. The molecule has 0 bridgehead atoms. The number of methoxy groups -OCH3 is 1. The van der Waals surface area contributed by atoms with E-state index in [9.17, 15) is 9.59 Å². The predicted molar refractivity (Wildman–Crippen MR) is 88.9 cm³/mol. The van der Waals surface area contributed by atoms with Crippen LogP contribution < -0.4 is 0 Å². The van der Waals surface area contributed by atoms with Crippen LogP contribution in [-0.4, -0.2) is 19.0 Å². The van der Waals surface area contributed by atoms with Gasteiger partial charge >= 0.3 is 11.9 Å². The van der Waals surface area contributed by atoms with Crippen molar-refractivity contribution in [3.63, 3.8) is 0 Å². The summed E-state index contributed by atoms with van der Waals surface area (Å²) >= 11 is 0. The highest BCUT2D eigenvalue weighted by atomic mass is 16.5. The van der Waals surface area contributed by atoms with Crippen LogP contribution >= 0.6 is 0 Å². The molecule has 0 saturated heterocycles. The number of carbonyl (C=O) groups is 2. The fourth-order valence-corrected chi connectivity index (χ4v) is 1.11. The van der Waals surface area contributed by atoms with E-state index in [1.807, 2.05) is 0 Å². The molecule has 0 aromatic carbocycles. The van der Waals surface area contributed by atoms with Gasteiger partial charge in [-0.15, -0.1) is 0 Å². The van der Waals surface area contributed by atoms with Gasteiger partial charge in [0.25, 0.3) is 0 Å². The largest absolute Gasteiger partial charge is 0.469 e. The summed E-state index contributed by atoms with van der Waals surface area (Å²) in [6.45, 7) is 1.68. The van der Waals surface area contributed by atoms with Gasteiger partial charge in [-0.2, -0.15) is 0 Å².